The summed E-state index contributed by atoms with van der Waals surface area (Å²) in [5.41, 5.74) is 0.327. The summed E-state index contributed by atoms with van der Waals surface area (Å²) in [6.07, 6.45) is -2.94. The topological polar surface area (TPSA) is 74.6 Å². The van der Waals surface area contributed by atoms with E-state index in [1.54, 1.807) is 12.1 Å². The quantitative estimate of drug-likeness (QED) is 0.391. The van der Waals surface area contributed by atoms with Crippen LogP contribution in [0.25, 0.3) is 0 Å². The Hall–Kier alpha value is -2.84. The number of amides is 1. The first kappa shape index (κ1) is 19.2. The molecule has 130 valence electrons. The SMILES string of the molecule is C=NN(N=C)c1ccccc1C(=O)N(CCC(=O)OC)CC(F)F. The summed E-state index contributed by atoms with van der Waals surface area (Å²) in [4.78, 5) is 24.7. The average Bonchev–Trinajstić information content (AvgIpc) is 2.58. The minimum Gasteiger partial charge on any atom is -0.469 e. The van der Waals surface area contributed by atoms with Crippen LogP contribution >= 0.6 is 0 Å². The summed E-state index contributed by atoms with van der Waals surface area (Å²) in [7, 11) is 1.18. The Kier molecular flexibility index (Phi) is 7.47. The number of carbonyl (C=O) groups excluding carboxylic acids is 2. The van der Waals surface area contributed by atoms with Crippen molar-refractivity contribution >= 4 is 31.0 Å². The number of methoxy groups -OCH3 is 1. The van der Waals surface area contributed by atoms with Crippen molar-refractivity contribution in [3.8, 4) is 0 Å². The molecule has 1 amide bonds. The number of para-hydroxylation sites is 1. The number of anilines is 1. The molecular weight excluding hydrogens is 322 g/mol. The van der Waals surface area contributed by atoms with Crippen LogP contribution in [-0.4, -0.2) is 56.8 Å². The van der Waals surface area contributed by atoms with Crippen molar-refractivity contribution in [2.75, 3.05) is 25.3 Å². The van der Waals surface area contributed by atoms with Gasteiger partial charge in [-0.1, -0.05) is 12.1 Å². The van der Waals surface area contributed by atoms with Crippen molar-refractivity contribution in [2.45, 2.75) is 12.8 Å². The van der Waals surface area contributed by atoms with E-state index >= 15 is 0 Å². The minimum atomic E-state index is -2.75. The normalized spacial score (nSPS) is 10.2. The van der Waals surface area contributed by atoms with Crippen molar-refractivity contribution in [3.63, 3.8) is 0 Å². The number of hydrazone groups is 2. The van der Waals surface area contributed by atoms with Crippen molar-refractivity contribution in [3.05, 3.63) is 29.8 Å². The van der Waals surface area contributed by atoms with Crippen LogP contribution in [0.2, 0.25) is 0 Å². The Bertz CT molecular complexity index is 602. The lowest BCUT2D eigenvalue weighted by molar-refractivity contribution is -0.140. The molecule has 0 unspecified atom stereocenters. The highest BCUT2D eigenvalue weighted by Crippen LogP contribution is 2.23. The van der Waals surface area contributed by atoms with E-state index in [4.69, 9.17) is 0 Å². The molecule has 7 nitrogen and oxygen atoms in total. The predicted octanol–water partition coefficient (Wildman–Crippen LogP) is 1.99. The molecule has 0 aliphatic carbocycles. The van der Waals surface area contributed by atoms with Gasteiger partial charge in [0, 0.05) is 20.0 Å². The number of esters is 1. The number of benzene rings is 1. The lowest BCUT2D eigenvalue weighted by Crippen LogP contribution is -2.37. The van der Waals surface area contributed by atoms with Crippen molar-refractivity contribution in [1.29, 1.82) is 0 Å². The summed E-state index contributed by atoms with van der Waals surface area (Å²) in [5.74, 6) is -1.29. The van der Waals surface area contributed by atoms with E-state index in [1.165, 1.54) is 19.2 Å². The second-order valence-corrected chi connectivity index (χ2v) is 4.56. The number of ether oxygens (including phenoxy) is 1. The predicted molar refractivity (Wildman–Crippen MR) is 86.6 cm³/mol. The van der Waals surface area contributed by atoms with Gasteiger partial charge >= 0.3 is 5.97 Å². The molecule has 0 radical (unpaired) electrons. The third-order valence-electron chi connectivity index (χ3n) is 3.08. The van der Waals surface area contributed by atoms with Crippen LogP contribution in [0, 0.1) is 0 Å². The Morgan fingerprint density at radius 3 is 2.42 bits per heavy atom. The third-order valence-corrected chi connectivity index (χ3v) is 3.08. The molecule has 9 heteroatoms. The van der Waals surface area contributed by atoms with E-state index in [9.17, 15) is 18.4 Å². The molecule has 0 heterocycles. The molecule has 0 spiro atoms. The fraction of sp³-hybridized carbons (Fsp3) is 0.333. The van der Waals surface area contributed by atoms with E-state index in [0.29, 0.717) is 0 Å². The maximum Gasteiger partial charge on any atom is 0.307 e. The maximum atomic E-state index is 12.8. The zero-order valence-electron chi connectivity index (χ0n) is 13.2. The molecule has 0 N–H and O–H groups in total. The Morgan fingerprint density at radius 1 is 1.25 bits per heavy atom. The maximum absolute atomic E-state index is 12.8. The lowest BCUT2D eigenvalue weighted by Gasteiger charge is -2.24. The first-order chi connectivity index (χ1) is 11.4. The Morgan fingerprint density at radius 2 is 1.88 bits per heavy atom. The minimum absolute atomic E-state index is 0.0859. The van der Waals surface area contributed by atoms with Crippen LogP contribution in [0.15, 0.2) is 34.5 Å². The van der Waals surface area contributed by atoms with E-state index in [1.807, 2.05) is 0 Å². The molecule has 0 aromatic heterocycles. The van der Waals surface area contributed by atoms with E-state index in [2.05, 4.69) is 28.4 Å². The number of hydrogen-bond donors (Lipinski definition) is 0. The number of hydrogen-bond acceptors (Lipinski definition) is 6. The summed E-state index contributed by atoms with van der Waals surface area (Å²) in [5, 5.41) is 8.19. The zero-order chi connectivity index (χ0) is 18.1. The Balaban J connectivity index is 3.11. The summed E-state index contributed by atoms with van der Waals surface area (Å²) >= 11 is 0. The summed E-state index contributed by atoms with van der Waals surface area (Å²) in [6.45, 7) is 5.60. The molecule has 1 aromatic rings. The molecule has 1 aromatic carbocycles. The fourth-order valence-electron chi connectivity index (χ4n) is 1.97. The molecule has 0 saturated heterocycles. The van der Waals surface area contributed by atoms with Crippen LogP contribution in [0.4, 0.5) is 14.5 Å². The zero-order valence-corrected chi connectivity index (χ0v) is 13.2. The standard InChI is InChI=1S/C15H18F2N4O3/c1-18-21(19-2)12-7-5-4-6-11(12)15(23)20(10-13(16)17)9-8-14(22)24-3/h4-7,13H,1-2,8-10H2,3H3. The van der Waals surface area contributed by atoms with Gasteiger partial charge in [0.1, 0.15) is 0 Å². The number of carbonyl (C=O) groups is 2. The molecule has 0 saturated carbocycles. The monoisotopic (exact) mass is 340 g/mol. The largest absolute Gasteiger partial charge is 0.469 e. The number of halogens is 2. The van der Waals surface area contributed by atoms with Gasteiger partial charge in [-0.15, -0.1) is 0 Å². The average molecular weight is 340 g/mol. The van der Waals surface area contributed by atoms with E-state index in [0.717, 1.165) is 10.0 Å². The molecule has 0 aliphatic heterocycles. The summed E-state index contributed by atoms with van der Waals surface area (Å²) in [6, 6.07) is 6.17. The second-order valence-electron chi connectivity index (χ2n) is 4.56. The number of nitrogens with zero attached hydrogens (tertiary/aromatic N) is 4. The first-order valence-electron chi connectivity index (χ1n) is 6.91. The van der Waals surface area contributed by atoms with Crippen LogP contribution in [0.5, 0.6) is 0 Å². The number of alkyl halides is 2. The van der Waals surface area contributed by atoms with Gasteiger partial charge in [-0.2, -0.15) is 15.3 Å². The molecule has 0 aliphatic rings. The van der Waals surface area contributed by atoms with Crippen LogP contribution in [0.3, 0.4) is 0 Å². The Labute approximate surface area is 138 Å². The fourth-order valence-corrected chi connectivity index (χ4v) is 1.97. The highest BCUT2D eigenvalue weighted by Gasteiger charge is 2.24. The van der Waals surface area contributed by atoms with Gasteiger partial charge in [-0.05, 0) is 12.1 Å². The highest BCUT2D eigenvalue weighted by atomic mass is 19.3. The molecule has 24 heavy (non-hydrogen) atoms. The van der Waals surface area contributed by atoms with Crippen molar-refractivity contribution in [1.82, 2.24) is 4.90 Å². The molecular formula is C15H18F2N4O3. The third kappa shape index (κ3) is 5.11. The lowest BCUT2D eigenvalue weighted by atomic mass is 10.1. The summed E-state index contributed by atoms with van der Waals surface area (Å²) < 4.78 is 30.0. The van der Waals surface area contributed by atoms with Gasteiger partial charge in [-0.25, -0.2) is 8.78 Å². The highest BCUT2D eigenvalue weighted by molar-refractivity contribution is 6.00. The van der Waals surface area contributed by atoms with Gasteiger partial charge in [0.2, 0.25) is 0 Å². The van der Waals surface area contributed by atoms with E-state index in [-0.39, 0.29) is 24.2 Å². The van der Waals surface area contributed by atoms with Crippen molar-refractivity contribution in [2.24, 2.45) is 10.2 Å². The van der Waals surface area contributed by atoms with Gasteiger partial charge in [0.15, 0.2) is 0 Å². The van der Waals surface area contributed by atoms with E-state index < -0.39 is 24.8 Å². The van der Waals surface area contributed by atoms with Crippen LogP contribution in [0.1, 0.15) is 16.8 Å². The first-order valence-corrected chi connectivity index (χ1v) is 6.91. The van der Waals surface area contributed by atoms with Crippen LogP contribution < -0.4 is 5.12 Å². The van der Waals surface area contributed by atoms with Gasteiger partial charge < -0.3 is 9.64 Å². The molecule has 0 atom stereocenters. The molecule has 0 fully saturated rings. The molecule has 0 bridgehead atoms. The number of rotatable bonds is 9. The van der Waals surface area contributed by atoms with Crippen molar-refractivity contribution < 1.29 is 23.1 Å². The van der Waals surface area contributed by atoms with Gasteiger partial charge in [0.25, 0.3) is 12.3 Å². The smallest absolute Gasteiger partial charge is 0.307 e. The van der Waals surface area contributed by atoms with Gasteiger partial charge in [0.05, 0.1) is 31.3 Å². The van der Waals surface area contributed by atoms with Crippen LogP contribution in [-0.2, 0) is 9.53 Å². The molecule has 1 rings (SSSR count). The second kappa shape index (κ2) is 9.33. The van der Waals surface area contributed by atoms with Gasteiger partial charge in [-0.3, -0.25) is 9.59 Å².